The van der Waals surface area contributed by atoms with Gasteiger partial charge in [-0.1, -0.05) is 0 Å². The third-order valence-electron chi connectivity index (χ3n) is 4.23. The number of hydrogen-bond acceptors (Lipinski definition) is 10. The summed E-state index contributed by atoms with van der Waals surface area (Å²) in [5, 5.41) is 20.1. The Balaban J connectivity index is 2.49. The van der Waals surface area contributed by atoms with Gasteiger partial charge in [-0.2, -0.15) is 0 Å². The van der Waals surface area contributed by atoms with Crippen LogP contribution in [0.3, 0.4) is 0 Å². The fraction of sp³-hybridized carbons (Fsp3) is 0.765. The van der Waals surface area contributed by atoms with Gasteiger partial charge in [0, 0.05) is 38.7 Å². The molecule has 2 aliphatic heterocycles. The molecule has 0 atom stereocenters. The average Bonchev–Trinajstić information content (AvgIpc) is 2.70. The molecule has 2 saturated heterocycles. The molecule has 2 fully saturated rings. The Morgan fingerprint density at radius 3 is 1.44 bits per heavy atom. The minimum Gasteiger partial charge on any atom is -0.412 e. The van der Waals surface area contributed by atoms with Gasteiger partial charge in [-0.15, -0.1) is 0 Å². The van der Waals surface area contributed by atoms with Crippen LogP contribution in [0.15, 0.2) is 0 Å². The molecule has 0 bridgehead atoms. The van der Waals surface area contributed by atoms with Gasteiger partial charge in [0.1, 0.15) is 0 Å². The molecule has 2 rings (SSSR count). The topological polar surface area (TPSA) is 146 Å². The molecule has 0 aromatic rings. The zero-order valence-electron chi connectivity index (χ0n) is 14.9. The van der Waals surface area contributed by atoms with Crippen molar-refractivity contribution in [2.45, 2.75) is 76.0 Å². The molecule has 0 aliphatic carbocycles. The molecule has 0 radical (unpaired) electrons. The monoisotopic (exact) mass is 388 g/mol. The van der Waals surface area contributed by atoms with Crippen molar-refractivity contribution in [3.8, 4) is 0 Å². The van der Waals surface area contributed by atoms with E-state index in [9.17, 15) is 29.4 Å². The summed E-state index contributed by atoms with van der Waals surface area (Å²) in [6.07, 6.45) is 0.430. The highest BCUT2D eigenvalue weighted by molar-refractivity contribution is 5.75. The van der Waals surface area contributed by atoms with Gasteiger partial charge in [0.2, 0.25) is 0 Å². The van der Waals surface area contributed by atoms with Gasteiger partial charge < -0.3 is 29.2 Å². The van der Waals surface area contributed by atoms with Crippen LogP contribution in [0, 0.1) is 0 Å². The normalized spacial score (nSPS) is 23.8. The van der Waals surface area contributed by atoms with Gasteiger partial charge in [0.05, 0.1) is 0 Å². The van der Waals surface area contributed by atoms with Gasteiger partial charge in [-0.25, -0.2) is 0 Å². The van der Waals surface area contributed by atoms with E-state index in [0.717, 1.165) is 0 Å². The minimum absolute atomic E-state index is 0.0739. The van der Waals surface area contributed by atoms with Gasteiger partial charge in [-0.05, 0) is 32.1 Å². The van der Waals surface area contributed by atoms with Crippen LogP contribution in [0.25, 0.3) is 0 Å². The van der Waals surface area contributed by atoms with Crippen molar-refractivity contribution in [1.82, 2.24) is 0 Å². The largest absolute Gasteiger partial charge is 0.456 e. The predicted octanol–water partition coefficient (Wildman–Crippen LogP) is 0.422. The van der Waals surface area contributed by atoms with E-state index < -0.39 is 48.7 Å². The van der Waals surface area contributed by atoms with Crippen molar-refractivity contribution < 1.29 is 48.3 Å². The molecule has 152 valence electrons. The molecule has 2 aliphatic rings. The Labute approximate surface area is 155 Å². The fourth-order valence-electron chi connectivity index (χ4n) is 2.86. The smallest absolute Gasteiger partial charge is 0.412 e. The zero-order valence-corrected chi connectivity index (χ0v) is 14.9. The third-order valence-corrected chi connectivity index (χ3v) is 4.23. The predicted molar refractivity (Wildman–Crippen MR) is 85.3 cm³/mol. The van der Waals surface area contributed by atoms with Crippen LogP contribution in [-0.4, -0.2) is 52.5 Å². The number of carbonyl (C=O) groups excluding carboxylic acids is 4. The molecule has 0 aromatic carbocycles. The number of aliphatic hydroxyl groups excluding tert-OH is 1. The first-order valence-electron chi connectivity index (χ1n) is 9.01. The highest BCUT2D eigenvalue weighted by Crippen LogP contribution is 2.38. The van der Waals surface area contributed by atoms with Crippen LogP contribution < -0.4 is 0 Å². The number of rotatable bonds is 4. The average molecular weight is 388 g/mol. The quantitative estimate of drug-likeness (QED) is 0.650. The van der Waals surface area contributed by atoms with Crippen molar-refractivity contribution in [3.05, 3.63) is 0 Å². The summed E-state index contributed by atoms with van der Waals surface area (Å²) in [6, 6.07) is 0. The second kappa shape index (κ2) is 9.14. The van der Waals surface area contributed by atoms with E-state index in [1.165, 1.54) is 0 Å². The summed E-state index contributed by atoms with van der Waals surface area (Å²) < 4.78 is 20.3. The molecule has 0 spiro atoms. The summed E-state index contributed by atoms with van der Waals surface area (Å²) in [5.41, 5.74) is 0. The van der Waals surface area contributed by atoms with Crippen LogP contribution in [0.2, 0.25) is 0 Å². The first-order chi connectivity index (χ1) is 12.8. The second-order valence-corrected chi connectivity index (χ2v) is 6.47. The summed E-state index contributed by atoms with van der Waals surface area (Å²) in [4.78, 5) is 48.5. The van der Waals surface area contributed by atoms with Gasteiger partial charge in [0.25, 0.3) is 0 Å². The fourth-order valence-corrected chi connectivity index (χ4v) is 2.86. The maximum absolute atomic E-state index is 12.2. The SMILES string of the molecule is O=C1CCCCC(=O)OC(O)(C2(CCCO)OC(=O)CCCCC(=O)O2)O1. The molecule has 10 nitrogen and oxygen atoms in total. The highest BCUT2D eigenvalue weighted by atomic mass is 16.9. The molecule has 2 heterocycles. The van der Waals surface area contributed by atoms with Crippen molar-refractivity contribution in [2.75, 3.05) is 6.61 Å². The van der Waals surface area contributed by atoms with Crippen molar-refractivity contribution in [1.29, 1.82) is 0 Å². The zero-order chi connectivity index (χ0) is 19.9. The molecule has 0 aromatic heterocycles. The van der Waals surface area contributed by atoms with Crippen molar-refractivity contribution >= 4 is 23.9 Å². The third kappa shape index (κ3) is 5.39. The molecule has 10 heteroatoms. The van der Waals surface area contributed by atoms with Gasteiger partial charge in [-0.3, -0.25) is 19.2 Å². The summed E-state index contributed by atoms with van der Waals surface area (Å²) in [7, 11) is 0. The van der Waals surface area contributed by atoms with Crippen molar-refractivity contribution in [3.63, 3.8) is 0 Å². The lowest BCUT2D eigenvalue weighted by atomic mass is 10.1. The lowest BCUT2D eigenvalue weighted by Gasteiger charge is -2.41. The Hall–Kier alpha value is -2.20. The number of esters is 4. The van der Waals surface area contributed by atoms with E-state index in [1.807, 2.05) is 0 Å². The summed E-state index contributed by atoms with van der Waals surface area (Å²) in [6.45, 7) is -0.408. The first-order valence-corrected chi connectivity index (χ1v) is 9.01. The maximum Gasteiger partial charge on any atom is 0.456 e. The molecule has 0 saturated carbocycles. The van der Waals surface area contributed by atoms with Gasteiger partial charge in [0.15, 0.2) is 0 Å². The standard InChI is InChI=1S/C17H24O10/c18-11-5-10-16(24-12(19)6-1-2-7-13(20)25-16)17(23)26-14(21)8-3-4-9-15(22)27-17/h18,23H,1-11H2. The number of ether oxygens (including phenoxy) is 4. The van der Waals surface area contributed by atoms with E-state index >= 15 is 0 Å². The van der Waals surface area contributed by atoms with Crippen LogP contribution in [-0.2, 0) is 38.1 Å². The second-order valence-electron chi connectivity index (χ2n) is 6.47. The Bertz CT molecular complexity index is 544. The first kappa shape index (κ1) is 21.1. The number of aliphatic hydroxyl groups is 2. The lowest BCUT2D eigenvalue weighted by Crippen LogP contribution is -2.63. The van der Waals surface area contributed by atoms with E-state index in [2.05, 4.69) is 0 Å². The summed E-state index contributed by atoms with van der Waals surface area (Å²) >= 11 is 0. The van der Waals surface area contributed by atoms with Crippen LogP contribution in [0.4, 0.5) is 0 Å². The molecule has 0 unspecified atom stereocenters. The highest BCUT2D eigenvalue weighted by Gasteiger charge is 2.65. The molecular weight excluding hydrogens is 364 g/mol. The lowest BCUT2D eigenvalue weighted by molar-refractivity contribution is -0.443. The number of cyclic esters (lactones) is 4. The van der Waals surface area contributed by atoms with Crippen LogP contribution in [0.5, 0.6) is 0 Å². The van der Waals surface area contributed by atoms with E-state index in [1.54, 1.807) is 0 Å². The molecular formula is C17H24O10. The minimum atomic E-state index is -3.16. The van der Waals surface area contributed by atoms with Crippen LogP contribution in [0.1, 0.15) is 64.2 Å². The van der Waals surface area contributed by atoms with E-state index in [-0.39, 0.29) is 32.1 Å². The van der Waals surface area contributed by atoms with Crippen LogP contribution >= 0.6 is 0 Å². The Morgan fingerprint density at radius 1 is 0.704 bits per heavy atom. The number of hydrogen-bond donors (Lipinski definition) is 2. The van der Waals surface area contributed by atoms with E-state index in [4.69, 9.17) is 18.9 Å². The maximum atomic E-state index is 12.2. The molecule has 27 heavy (non-hydrogen) atoms. The van der Waals surface area contributed by atoms with Crippen molar-refractivity contribution in [2.24, 2.45) is 0 Å². The van der Waals surface area contributed by atoms with E-state index in [0.29, 0.717) is 25.7 Å². The summed E-state index contributed by atoms with van der Waals surface area (Å²) in [5.74, 6) is -9.25. The molecule has 2 N–H and O–H groups in total. The van der Waals surface area contributed by atoms with Gasteiger partial charge >= 0.3 is 35.6 Å². The Morgan fingerprint density at radius 2 is 1.07 bits per heavy atom. The number of carbonyl (C=O) groups is 4. The molecule has 0 amide bonds. The Kier molecular flexibility index (Phi) is 7.14.